The number of nitrogens with one attached hydrogen (secondary N) is 1. The van der Waals surface area contributed by atoms with Gasteiger partial charge in [-0.1, -0.05) is 12.1 Å². The van der Waals surface area contributed by atoms with Crippen molar-refractivity contribution in [3.63, 3.8) is 0 Å². The lowest BCUT2D eigenvalue weighted by molar-refractivity contribution is -0.130. The molecule has 5 heteroatoms. The molecule has 1 aromatic rings. The fraction of sp³-hybridized carbons (Fsp3) is 0.385. The zero-order chi connectivity index (χ0) is 13.0. The van der Waals surface area contributed by atoms with Crippen molar-refractivity contribution >= 4 is 17.5 Å². The lowest BCUT2D eigenvalue weighted by Gasteiger charge is -2.27. The number of hydrogen-bond donors (Lipinski definition) is 2. The highest BCUT2D eigenvalue weighted by atomic mass is 16.2. The number of piperazine rings is 1. The second-order valence-electron chi connectivity index (χ2n) is 4.39. The Morgan fingerprint density at radius 3 is 2.28 bits per heavy atom. The molecule has 0 saturated carbocycles. The molecule has 1 fully saturated rings. The first-order chi connectivity index (χ1) is 8.69. The Morgan fingerprint density at radius 1 is 1.11 bits per heavy atom. The van der Waals surface area contributed by atoms with Crippen molar-refractivity contribution in [2.75, 3.05) is 24.5 Å². The number of carbonyl (C=O) groups excluding carboxylic acids is 2. The summed E-state index contributed by atoms with van der Waals surface area (Å²) in [5.74, 6) is -0.503. The number of benzene rings is 1. The minimum absolute atomic E-state index is 0.230. The van der Waals surface area contributed by atoms with Gasteiger partial charge >= 0.3 is 0 Å². The van der Waals surface area contributed by atoms with Gasteiger partial charge < -0.3 is 10.6 Å². The van der Waals surface area contributed by atoms with E-state index in [0.717, 1.165) is 18.5 Å². The molecule has 96 valence electrons. The highest BCUT2D eigenvalue weighted by Gasteiger charge is 2.22. The largest absolute Gasteiger partial charge is 0.353 e. The molecule has 18 heavy (non-hydrogen) atoms. The standard InChI is InChI=1S/C13H17N3O2/c14-7-1-2-10-3-5-11(6-4-10)16-8-12(17)15-13(18)9-16/h3-6H,1-2,7-9,14H2,(H,15,17,18). The van der Waals surface area contributed by atoms with E-state index in [9.17, 15) is 9.59 Å². The van der Waals surface area contributed by atoms with Crippen molar-refractivity contribution in [1.29, 1.82) is 0 Å². The van der Waals surface area contributed by atoms with Crippen LogP contribution in [0.5, 0.6) is 0 Å². The molecule has 2 amide bonds. The molecule has 1 saturated heterocycles. The number of imide groups is 1. The lowest BCUT2D eigenvalue weighted by atomic mass is 10.1. The summed E-state index contributed by atoms with van der Waals surface area (Å²) in [7, 11) is 0. The first-order valence-corrected chi connectivity index (χ1v) is 6.05. The third-order valence-electron chi connectivity index (χ3n) is 2.92. The second kappa shape index (κ2) is 5.64. The van der Waals surface area contributed by atoms with Crippen LogP contribution in [0.3, 0.4) is 0 Å². The second-order valence-corrected chi connectivity index (χ2v) is 4.39. The summed E-state index contributed by atoms with van der Waals surface area (Å²) >= 11 is 0. The molecule has 0 unspecified atom stereocenters. The van der Waals surface area contributed by atoms with E-state index < -0.39 is 0 Å². The van der Waals surface area contributed by atoms with Gasteiger partial charge in [0.1, 0.15) is 0 Å². The van der Waals surface area contributed by atoms with Gasteiger partial charge in [0, 0.05) is 5.69 Å². The van der Waals surface area contributed by atoms with E-state index >= 15 is 0 Å². The summed E-state index contributed by atoms with van der Waals surface area (Å²) in [4.78, 5) is 24.3. The molecule has 0 bridgehead atoms. The van der Waals surface area contributed by atoms with Crippen molar-refractivity contribution in [2.45, 2.75) is 12.8 Å². The van der Waals surface area contributed by atoms with E-state index in [1.807, 2.05) is 24.3 Å². The Balaban J connectivity index is 2.04. The first kappa shape index (κ1) is 12.6. The van der Waals surface area contributed by atoms with Gasteiger partial charge in [0.05, 0.1) is 13.1 Å². The number of anilines is 1. The van der Waals surface area contributed by atoms with Gasteiger partial charge in [-0.25, -0.2) is 0 Å². The predicted molar refractivity (Wildman–Crippen MR) is 69.2 cm³/mol. The van der Waals surface area contributed by atoms with E-state index in [1.165, 1.54) is 5.56 Å². The Labute approximate surface area is 106 Å². The number of nitrogens with two attached hydrogens (primary N) is 1. The number of amides is 2. The first-order valence-electron chi connectivity index (χ1n) is 6.05. The lowest BCUT2D eigenvalue weighted by Crippen LogP contribution is -2.51. The van der Waals surface area contributed by atoms with Gasteiger partial charge in [0.25, 0.3) is 0 Å². The molecule has 0 aromatic heterocycles. The monoisotopic (exact) mass is 247 g/mol. The average molecular weight is 247 g/mol. The van der Waals surface area contributed by atoms with Gasteiger partial charge in [-0.3, -0.25) is 14.9 Å². The maximum atomic E-state index is 11.3. The van der Waals surface area contributed by atoms with Crippen molar-refractivity contribution in [1.82, 2.24) is 5.32 Å². The minimum atomic E-state index is -0.251. The number of carbonyl (C=O) groups is 2. The minimum Gasteiger partial charge on any atom is -0.353 e. The summed E-state index contributed by atoms with van der Waals surface area (Å²) in [6.45, 7) is 1.14. The molecule has 1 aromatic carbocycles. The van der Waals surface area contributed by atoms with Crippen LogP contribution in [0.2, 0.25) is 0 Å². The fourth-order valence-electron chi connectivity index (χ4n) is 2.00. The molecule has 2 rings (SSSR count). The SMILES string of the molecule is NCCCc1ccc(N2CC(=O)NC(=O)C2)cc1. The number of rotatable bonds is 4. The molecule has 0 atom stereocenters. The van der Waals surface area contributed by atoms with Crippen molar-refractivity contribution in [3.8, 4) is 0 Å². The Morgan fingerprint density at radius 2 is 1.72 bits per heavy atom. The van der Waals surface area contributed by atoms with Gasteiger partial charge in [0.2, 0.25) is 11.8 Å². The highest BCUT2D eigenvalue weighted by molar-refractivity contribution is 6.02. The maximum Gasteiger partial charge on any atom is 0.246 e. The Kier molecular flexibility index (Phi) is 3.94. The van der Waals surface area contributed by atoms with E-state index in [2.05, 4.69) is 5.32 Å². The van der Waals surface area contributed by atoms with Crippen LogP contribution in [0.1, 0.15) is 12.0 Å². The number of nitrogens with zero attached hydrogens (tertiary/aromatic N) is 1. The van der Waals surface area contributed by atoms with Crippen LogP contribution in [0.25, 0.3) is 0 Å². The van der Waals surface area contributed by atoms with Crippen molar-refractivity contribution < 1.29 is 9.59 Å². The molecule has 0 aliphatic carbocycles. The highest BCUT2D eigenvalue weighted by Crippen LogP contribution is 2.16. The normalized spacial score (nSPS) is 15.7. The Hall–Kier alpha value is -1.88. The van der Waals surface area contributed by atoms with E-state index in [1.54, 1.807) is 4.90 Å². The van der Waals surface area contributed by atoms with Gasteiger partial charge in [0.15, 0.2) is 0 Å². The molecule has 1 aliphatic heterocycles. The third kappa shape index (κ3) is 3.07. The van der Waals surface area contributed by atoms with Crippen LogP contribution in [0.4, 0.5) is 5.69 Å². The fourth-order valence-corrected chi connectivity index (χ4v) is 2.00. The molecule has 1 aliphatic rings. The topological polar surface area (TPSA) is 75.4 Å². The smallest absolute Gasteiger partial charge is 0.246 e. The van der Waals surface area contributed by atoms with Crippen LogP contribution < -0.4 is 16.0 Å². The van der Waals surface area contributed by atoms with Crippen LogP contribution >= 0.6 is 0 Å². The summed E-state index contributed by atoms with van der Waals surface area (Å²) in [5, 5.41) is 2.28. The zero-order valence-corrected chi connectivity index (χ0v) is 10.2. The summed E-state index contributed by atoms with van der Waals surface area (Å²) < 4.78 is 0. The molecule has 5 nitrogen and oxygen atoms in total. The molecule has 0 radical (unpaired) electrons. The summed E-state index contributed by atoms with van der Waals surface area (Å²) in [6.07, 6.45) is 1.92. The zero-order valence-electron chi connectivity index (χ0n) is 10.2. The van der Waals surface area contributed by atoms with Crippen LogP contribution in [-0.4, -0.2) is 31.4 Å². The Bertz CT molecular complexity index is 426. The molecule has 3 N–H and O–H groups in total. The van der Waals surface area contributed by atoms with Gasteiger partial charge in [-0.05, 0) is 37.1 Å². The van der Waals surface area contributed by atoms with Crippen molar-refractivity contribution in [3.05, 3.63) is 29.8 Å². The maximum absolute atomic E-state index is 11.3. The number of hydrogen-bond acceptors (Lipinski definition) is 4. The predicted octanol–water partition coefficient (Wildman–Crippen LogP) is 0.0407. The number of aryl methyl sites for hydroxylation is 1. The van der Waals surface area contributed by atoms with E-state index in [-0.39, 0.29) is 24.9 Å². The van der Waals surface area contributed by atoms with Gasteiger partial charge in [-0.15, -0.1) is 0 Å². The average Bonchev–Trinajstić information content (AvgIpc) is 2.36. The van der Waals surface area contributed by atoms with Crippen LogP contribution in [-0.2, 0) is 16.0 Å². The quantitative estimate of drug-likeness (QED) is 0.737. The molecular formula is C13H17N3O2. The van der Waals surface area contributed by atoms with Crippen molar-refractivity contribution in [2.24, 2.45) is 5.73 Å². The van der Waals surface area contributed by atoms with E-state index in [0.29, 0.717) is 6.54 Å². The van der Waals surface area contributed by atoms with Gasteiger partial charge in [-0.2, -0.15) is 0 Å². The molecular weight excluding hydrogens is 230 g/mol. The van der Waals surface area contributed by atoms with Crippen LogP contribution in [0, 0.1) is 0 Å². The summed E-state index contributed by atoms with van der Waals surface area (Å²) in [5.41, 5.74) is 7.58. The molecule has 0 spiro atoms. The van der Waals surface area contributed by atoms with Crippen LogP contribution in [0.15, 0.2) is 24.3 Å². The summed E-state index contributed by atoms with van der Waals surface area (Å²) in [6, 6.07) is 7.92. The molecule has 1 heterocycles. The third-order valence-corrected chi connectivity index (χ3v) is 2.92. The van der Waals surface area contributed by atoms with E-state index in [4.69, 9.17) is 5.73 Å².